The van der Waals surface area contributed by atoms with Crippen molar-refractivity contribution < 1.29 is 4.42 Å². The van der Waals surface area contributed by atoms with Crippen molar-refractivity contribution in [2.24, 2.45) is 0 Å². The lowest BCUT2D eigenvalue weighted by Crippen LogP contribution is -1.96. The van der Waals surface area contributed by atoms with Crippen LogP contribution in [0, 0.1) is 0 Å². The van der Waals surface area contributed by atoms with Crippen LogP contribution in [0.25, 0.3) is 88.9 Å². The summed E-state index contributed by atoms with van der Waals surface area (Å²) in [5.74, 6) is 0.697. The molecule has 0 bridgehead atoms. The van der Waals surface area contributed by atoms with Crippen LogP contribution in [-0.4, -0.2) is 9.97 Å². The van der Waals surface area contributed by atoms with Gasteiger partial charge in [-0.25, -0.2) is 9.97 Å². The van der Waals surface area contributed by atoms with E-state index in [1.54, 1.807) is 0 Å². The lowest BCUT2D eigenvalue weighted by molar-refractivity contribution is 0.669. The Kier molecular flexibility index (Phi) is 6.46. The van der Waals surface area contributed by atoms with E-state index in [1.807, 2.05) is 36.4 Å². The molecule has 0 spiro atoms. The molecule has 7 aromatic carbocycles. The summed E-state index contributed by atoms with van der Waals surface area (Å²) in [6.07, 6.45) is 0. The minimum absolute atomic E-state index is 0.697. The Morgan fingerprint density at radius 2 is 0.957 bits per heavy atom. The number of aromatic nitrogens is 2. The summed E-state index contributed by atoms with van der Waals surface area (Å²) in [6, 6.07) is 59.1. The molecular weight excluding hydrogens is 572 g/mol. The first kappa shape index (κ1) is 27.0. The van der Waals surface area contributed by atoms with Gasteiger partial charge in [-0.15, -0.1) is 0 Å². The van der Waals surface area contributed by atoms with Gasteiger partial charge in [-0.05, 0) is 69.4 Å². The summed E-state index contributed by atoms with van der Waals surface area (Å²) in [7, 11) is 0. The largest absolute Gasteiger partial charge is 0.456 e. The van der Waals surface area contributed by atoms with Gasteiger partial charge in [0.15, 0.2) is 5.82 Å². The molecule has 9 rings (SSSR count). The second kappa shape index (κ2) is 11.2. The number of rotatable bonds is 5. The predicted octanol–water partition coefficient (Wildman–Crippen LogP) is 11.9. The minimum Gasteiger partial charge on any atom is -0.456 e. The van der Waals surface area contributed by atoms with Crippen molar-refractivity contribution in [1.82, 2.24) is 9.97 Å². The first-order valence-corrected chi connectivity index (χ1v) is 15.8. The normalized spacial score (nSPS) is 11.4. The first-order chi connectivity index (χ1) is 23.3. The molecule has 0 aliphatic carbocycles. The third kappa shape index (κ3) is 4.86. The van der Waals surface area contributed by atoms with E-state index in [9.17, 15) is 0 Å². The van der Waals surface area contributed by atoms with Crippen LogP contribution in [-0.2, 0) is 0 Å². The van der Waals surface area contributed by atoms with Gasteiger partial charge in [0.1, 0.15) is 11.2 Å². The number of benzene rings is 7. The molecule has 0 atom stereocenters. The fraction of sp³-hybridized carbons (Fsp3) is 0. The molecule has 47 heavy (non-hydrogen) atoms. The zero-order chi connectivity index (χ0) is 31.2. The van der Waals surface area contributed by atoms with Crippen LogP contribution >= 0.6 is 0 Å². The summed E-state index contributed by atoms with van der Waals surface area (Å²) < 4.78 is 6.46. The van der Waals surface area contributed by atoms with Crippen molar-refractivity contribution in [2.45, 2.75) is 0 Å². The second-order valence-electron chi connectivity index (χ2n) is 11.8. The summed E-state index contributed by atoms with van der Waals surface area (Å²) in [4.78, 5) is 10.2. The first-order valence-electron chi connectivity index (χ1n) is 15.8. The van der Waals surface area contributed by atoms with Crippen LogP contribution in [0.4, 0.5) is 0 Å². The molecule has 220 valence electrons. The van der Waals surface area contributed by atoms with Gasteiger partial charge in [0.05, 0.1) is 11.4 Å². The summed E-state index contributed by atoms with van der Waals surface area (Å²) >= 11 is 0. The third-order valence-corrected chi connectivity index (χ3v) is 8.86. The molecule has 9 aromatic rings. The maximum Gasteiger partial charge on any atom is 0.160 e. The summed E-state index contributed by atoms with van der Waals surface area (Å²) in [5, 5.41) is 4.64. The highest BCUT2D eigenvalue weighted by Gasteiger charge is 2.18. The fourth-order valence-corrected chi connectivity index (χ4v) is 6.62. The van der Waals surface area contributed by atoms with E-state index < -0.39 is 0 Å². The quantitative estimate of drug-likeness (QED) is 0.197. The van der Waals surface area contributed by atoms with Crippen LogP contribution in [0.2, 0.25) is 0 Å². The maximum absolute atomic E-state index is 6.46. The maximum atomic E-state index is 6.46. The molecule has 0 N–H and O–H groups in total. The van der Waals surface area contributed by atoms with Crippen molar-refractivity contribution in [1.29, 1.82) is 0 Å². The van der Waals surface area contributed by atoms with Crippen molar-refractivity contribution in [3.8, 4) is 56.2 Å². The number of hydrogen-bond donors (Lipinski definition) is 0. The van der Waals surface area contributed by atoms with E-state index >= 15 is 0 Å². The molecule has 0 amide bonds. The molecule has 0 saturated carbocycles. The minimum atomic E-state index is 0.697. The fourth-order valence-electron chi connectivity index (χ4n) is 6.62. The topological polar surface area (TPSA) is 38.9 Å². The number of hydrogen-bond acceptors (Lipinski definition) is 3. The van der Waals surface area contributed by atoms with Crippen molar-refractivity contribution in [3.05, 3.63) is 170 Å². The highest BCUT2D eigenvalue weighted by Crippen LogP contribution is 2.42. The van der Waals surface area contributed by atoms with Gasteiger partial charge in [0.2, 0.25) is 0 Å². The Morgan fingerprint density at radius 1 is 0.362 bits per heavy atom. The zero-order valence-corrected chi connectivity index (χ0v) is 25.5. The molecule has 0 radical (unpaired) electrons. The van der Waals surface area contributed by atoms with Crippen LogP contribution in [0.1, 0.15) is 0 Å². The van der Waals surface area contributed by atoms with Crippen molar-refractivity contribution in [3.63, 3.8) is 0 Å². The van der Waals surface area contributed by atoms with E-state index in [0.717, 1.165) is 72.3 Å². The van der Waals surface area contributed by atoms with Gasteiger partial charge in [-0.3, -0.25) is 0 Å². The summed E-state index contributed by atoms with van der Waals surface area (Å²) in [6.45, 7) is 0. The molecule has 0 aliphatic heterocycles. The highest BCUT2D eigenvalue weighted by atomic mass is 16.3. The van der Waals surface area contributed by atoms with E-state index in [-0.39, 0.29) is 0 Å². The Hall–Kier alpha value is -6.32. The van der Waals surface area contributed by atoms with Crippen LogP contribution < -0.4 is 0 Å². The Morgan fingerprint density at radius 3 is 1.72 bits per heavy atom. The van der Waals surface area contributed by atoms with E-state index in [4.69, 9.17) is 14.4 Å². The number of nitrogens with zero attached hydrogens (tertiary/aromatic N) is 2. The van der Waals surface area contributed by atoms with Crippen LogP contribution in [0.3, 0.4) is 0 Å². The molecule has 2 heterocycles. The number of furan rings is 1. The lowest BCUT2D eigenvalue weighted by Gasteiger charge is -2.14. The van der Waals surface area contributed by atoms with Crippen molar-refractivity contribution >= 4 is 32.7 Å². The van der Waals surface area contributed by atoms with E-state index in [0.29, 0.717) is 5.82 Å². The Balaban J connectivity index is 1.33. The van der Waals surface area contributed by atoms with Gasteiger partial charge in [-0.1, -0.05) is 133 Å². The lowest BCUT2D eigenvalue weighted by atomic mass is 9.92. The van der Waals surface area contributed by atoms with E-state index in [2.05, 4.69) is 133 Å². The molecule has 2 aromatic heterocycles. The Labute approximate surface area is 272 Å². The van der Waals surface area contributed by atoms with Crippen LogP contribution in [0.5, 0.6) is 0 Å². The molecular formula is C44H28N2O. The second-order valence-corrected chi connectivity index (χ2v) is 11.8. The van der Waals surface area contributed by atoms with Gasteiger partial charge in [0, 0.05) is 27.5 Å². The van der Waals surface area contributed by atoms with Gasteiger partial charge < -0.3 is 4.42 Å². The molecule has 0 fully saturated rings. The zero-order valence-electron chi connectivity index (χ0n) is 25.5. The Bertz CT molecular complexity index is 2500. The SMILES string of the molecule is c1ccc(-c2cc(-c3cc(-c4ccccc4)nc(-c4ccccc4)n3)cc(-c3cccc4oc5ccc6ccccc6c5c34)c2)cc1. The molecule has 3 nitrogen and oxygen atoms in total. The highest BCUT2D eigenvalue weighted by molar-refractivity contribution is 6.22. The number of fused-ring (bicyclic) bond motifs is 5. The average molecular weight is 601 g/mol. The smallest absolute Gasteiger partial charge is 0.160 e. The molecule has 0 unspecified atom stereocenters. The molecule has 0 aliphatic rings. The van der Waals surface area contributed by atoms with E-state index in [1.165, 1.54) is 10.8 Å². The third-order valence-electron chi connectivity index (χ3n) is 8.86. The van der Waals surface area contributed by atoms with Crippen LogP contribution in [0.15, 0.2) is 174 Å². The molecule has 3 heteroatoms. The van der Waals surface area contributed by atoms with Gasteiger partial charge in [-0.2, -0.15) is 0 Å². The summed E-state index contributed by atoms with van der Waals surface area (Å²) in [5.41, 5.74) is 11.1. The molecule has 0 saturated heterocycles. The average Bonchev–Trinajstić information content (AvgIpc) is 3.55. The van der Waals surface area contributed by atoms with Gasteiger partial charge in [0.25, 0.3) is 0 Å². The predicted molar refractivity (Wildman–Crippen MR) is 194 cm³/mol. The standard InChI is InChI=1S/C44H28N2O/c1-4-13-29(14-5-1)33-25-34(37-21-12-22-40-43(37)42-36-20-11-10-15-30(36)23-24-41(42)47-40)27-35(26-33)39-28-38(31-16-6-2-7-17-31)45-44(46-39)32-18-8-3-9-19-32/h1-28H. The monoisotopic (exact) mass is 600 g/mol. The van der Waals surface area contributed by atoms with Crippen molar-refractivity contribution in [2.75, 3.05) is 0 Å². The van der Waals surface area contributed by atoms with Gasteiger partial charge >= 0.3 is 0 Å².